The van der Waals surface area contributed by atoms with Crippen LogP contribution in [0.1, 0.15) is 35.5 Å². The van der Waals surface area contributed by atoms with E-state index >= 15 is 0 Å². The van der Waals surface area contributed by atoms with E-state index < -0.39 is 0 Å². The summed E-state index contributed by atoms with van der Waals surface area (Å²) in [6.45, 7) is 4.16. The van der Waals surface area contributed by atoms with Gasteiger partial charge in [0.05, 0.1) is 5.39 Å². The first-order valence-corrected chi connectivity index (χ1v) is 7.26. The molecule has 0 aromatic carbocycles. The predicted octanol–water partition coefficient (Wildman–Crippen LogP) is 3.99. The van der Waals surface area contributed by atoms with E-state index in [-0.39, 0.29) is 5.60 Å². The Kier molecular flexibility index (Phi) is 2.84. The molecule has 2 aromatic heterocycles. The van der Waals surface area contributed by atoms with Crippen LogP contribution >= 0.6 is 22.9 Å². The summed E-state index contributed by atoms with van der Waals surface area (Å²) in [5.74, 6) is 0.745. The average Bonchev–Trinajstić information content (AvgIpc) is 2.54. The highest BCUT2D eigenvalue weighted by Crippen LogP contribution is 2.44. The lowest BCUT2D eigenvalue weighted by molar-refractivity contribution is -0.0843. The number of halogens is 1. The number of methoxy groups -OCH3 is 1. The number of aryl methyl sites for hydroxylation is 2. The lowest BCUT2D eigenvalue weighted by atomic mass is 9.79. The zero-order valence-corrected chi connectivity index (χ0v) is 12.3. The van der Waals surface area contributed by atoms with E-state index in [1.165, 1.54) is 10.4 Å². The van der Waals surface area contributed by atoms with Gasteiger partial charge in [-0.2, -0.15) is 0 Å². The van der Waals surface area contributed by atoms with Crippen LogP contribution in [0.5, 0.6) is 0 Å². The van der Waals surface area contributed by atoms with Crippen LogP contribution in [0, 0.1) is 13.8 Å². The Morgan fingerprint density at radius 2 is 2.00 bits per heavy atom. The number of rotatable bonds is 2. The molecule has 0 amide bonds. The van der Waals surface area contributed by atoms with Gasteiger partial charge in [0.2, 0.25) is 0 Å². The normalized spacial score (nSPS) is 18.0. The third-order valence-electron chi connectivity index (χ3n) is 3.94. The van der Waals surface area contributed by atoms with Crippen LogP contribution in [0.4, 0.5) is 0 Å². The second-order valence-electron chi connectivity index (χ2n) is 4.85. The molecule has 3 nitrogen and oxygen atoms in total. The standard InChI is InChI=1S/C13H15ClN2OS/c1-7-8(2)18-11-9(7)10(14)15-12(16-11)13(17-3)5-4-6-13/h4-6H2,1-3H3. The van der Waals surface area contributed by atoms with Gasteiger partial charge >= 0.3 is 0 Å². The van der Waals surface area contributed by atoms with Crippen molar-refractivity contribution in [3.63, 3.8) is 0 Å². The van der Waals surface area contributed by atoms with Crippen LogP contribution in [0.3, 0.4) is 0 Å². The fraction of sp³-hybridized carbons (Fsp3) is 0.538. The van der Waals surface area contributed by atoms with Crippen LogP contribution in [-0.4, -0.2) is 17.1 Å². The minimum atomic E-state index is -0.302. The molecule has 18 heavy (non-hydrogen) atoms. The molecule has 0 spiro atoms. The van der Waals surface area contributed by atoms with Crippen molar-refractivity contribution in [3.8, 4) is 0 Å². The van der Waals surface area contributed by atoms with Crippen LogP contribution in [0.2, 0.25) is 5.15 Å². The summed E-state index contributed by atoms with van der Waals surface area (Å²) in [5.41, 5.74) is 0.885. The van der Waals surface area contributed by atoms with Gasteiger partial charge in [-0.1, -0.05) is 11.6 Å². The van der Waals surface area contributed by atoms with Crippen molar-refractivity contribution in [2.75, 3.05) is 7.11 Å². The molecule has 3 rings (SSSR count). The molecule has 1 saturated carbocycles. The highest BCUT2D eigenvalue weighted by molar-refractivity contribution is 7.18. The van der Waals surface area contributed by atoms with Gasteiger partial charge in [-0.05, 0) is 38.7 Å². The van der Waals surface area contributed by atoms with E-state index in [1.54, 1.807) is 18.4 Å². The number of nitrogens with zero attached hydrogens (tertiary/aromatic N) is 2. The van der Waals surface area contributed by atoms with Gasteiger partial charge < -0.3 is 4.74 Å². The first kappa shape index (κ1) is 12.3. The van der Waals surface area contributed by atoms with Gasteiger partial charge in [0.1, 0.15) is 15.6 Å². The van der Waals surface area contributed by atoms with Gasteiger partial charge in [-0.15, -0.1) is 11.3 Å². The first-order chi connectivity index (χ1) is 8.57. The third-order valence-corrected chi connectivity index (χ3v) is 5.32. The molecule has 0 saturated heterocycles. The maximum atomic E-state index is 6.32. The number of thiophene rings is 1. The maximum absolute atomic E-state index is 6.32. The minimum Gasteiger partial charge on any atom is -0.370 e. The van der Waals surface area contributed by atoms with E-state index in [9.17, 15) is 0 Å². The van der Waals surface area contributed by atoms with Crippen molar-refractivity contribution in [3.05, 3.63) is 21.4 Å². The lowest BCUT2D eigenvalue weighted by Gasteiger charge is -2.38. The summed E-state index contributed by atoms with van der Waals surface area (Å²) in [4.78, 5) is 11.4. The van der Waals surface area contributed by atoms with E-state index in [1.807, 2.05) is 0 Å². The quantitative estimate of drug-likeness (QED) is 0.781. The van der Waals surface area contributed by atoms with E-state index in [2.05, 4.69) is 23.8 Å². The van der Waals surface area contributed by atoms with Crippen LogP contribution in [0.25, 0.3) is 10.2 Å². The second kappa shape index (κ2) is 4.15. The molecule has 0 atom stereocenters. The first-order valence-electron chi connectivity index (χ1n) is 6.06. The molecule has 5 heteroatoms. The Bertz CT molecular complexity index is 613. The molecule has 1 fully saturated rings. The third kappa shape index (κ3) is 1.59. The molecule has 2 aromatic rings. The molecule has 0 N–H and O–H groups in total. The van der Waals surface area contributed by atoms with Crippen LogP contribution in [-0.2, 0) is 10.3 Å². The summed E-state index contributed by atoms with van der Waals surface area (Å²) < 4.78 is 5.62. The summed E-state index contributed by atoms with van der Waals surface area (Å²) in [7, 11) is 1.73. The minimum absolute atomic E-state index is 0.302. The highest BCUT2D eigenvalue weighted by Gasteiger charge is 2.42. The number of fused-ring (bicyclic) bond motifs is 1. The second-order valence-corrected chi connectivity index (χ2v) is 6.41. The van der Waals surface area contributed by atoms with E-state index in [0.717, 1.165) is 35.3 Å². The zero-order valence-electron chi connectivity index (χ0n) is 10.7. The molecule has 0 aliphatic heterocycles. The molecule has 96 valence electrons. The Hall–Kier alpha value is -0.710. The Morgan fingerprint density at radius 1 is 1.28 bits per heavy atom. The molecular formula is C13H15ClN2OS. The Labute approximate surface area is 115 Å². The highest BCUT2D eigenvalue weighted by atomic mass is 35.5. The topological polar surface area (TPSA) is 35.0 Å². The molecule has 1 aliphatic rings. The van der Waals surface area contributed by atoms with Crippen LogP contribution in [0.15, 0.2) is 0 Å². The van der Waals surface area contributed by atoms with Gasteiger partial charge in [0.25, 0.3) is 0 Å². The largest absolute Gasteiger partial charge is 0.370 e. The predicted molar refractivity (Wildman–Crippen MR) is 74.4 cm³/mol. The van der Waals surface area contributed by atoms with Crippen molar-refractivity contribution in [1.82, 2.24) is 9.97 Å². The van der Waals surface area contributed by atoms with Gasteiger partial charge in [-0.25, -0.2) is 9.97 Å². The SMILES string of the molecule is COC1(c2nc(Cl)c3c(C)c(C)sc3n2)CCC1. The molecule has 0 bridgehead atoms. The van der Waals surface area contributed by atoms with E-state index in [0.29, 0.717) is 5.15 Å². The number of hydrogen-bond donors (Lipinski definition) is 0. The summed E-state index contributed by atoms with van der Waals surface area (Å²) >= 11 is 8.00. The van der Waals surface area contributed by atoms with Gasteiger partial charge in [0.15, 0.2) is 5.82 Å². The lowest BCUT2D eigenvalue weighted by Crippen LogP contribution is -2.38. The Morgan fingerprint density at radius 3 is 2.56 bits per heavy atom. The van der Waals surface area contributed by atoms with Crippen molar-refractivity contribution in [2.24, 2.45) is 0 Å². The molecule has 0 unspecified atom stereocenters. The average molecular weight is 283 g/mol. The number of ether oxygens (including phenoxy) is 1. The summed E-state index contributed by atoms with van der Waals surface area (Å²) in [6.07, 6.45) is 3.12. The monoisotopic (exact) mass is 282 g/mol. The fourth-order valence-electron chi connectivity index (χ4n) is 2.42. The number of hydrogen-bond acceptors (Lipinski definition) is 4. The molecule has 2 heterocycles. The van der Waals surface area contributed by atoms with E-state index in [4.69, 9.17) is 16.3 Å². The van der Waals surface area contributed by atoms with Crippen LogP contribution < -0.4 is 0 Å². The van der Waals surface area contributed by atoms with Gasteiger partial charge in [-0.3, -0.25) is 0 Å². The van der Waals surface area contributed by atoms with Crippen molar-refractivity contribution >= 4 is 33.2 Å². The fourth-order valence-corrected chi connectivity index (χ4v) is 3.82. The molecule has 0 radical (unpaired) electrons. The maximum Gasteiger partial charge on any atom is 0.163 e. The summed E-state index contributed by atoms with van der Waals surface area (Å²) in [6, 6.07) is 0. The van der Waals surface area contributed by atoms with Crippen molar-refractivity contribution < 1.29 is 4.74 Å². The Balaban J connectivity index is 2.21. The number of aromatic nitrogens is 2. The molecular weight excluding hydrogens is 268 g/mol. The van der Waals surface area contributed by atoms with Crippen molar-refractivity contribution in [2.45, 2.75) is 38.7 Å². The van der Waals surface area contributed by atoms with Crippen molar-refractivity contribution in [1.29, 1.82) is 0 Å². The summed E-state index contributed by atoms with van der Waals surface area (Å²) in [5, 5.41) is 1.55. The zero-order chi connectivity index (χ0) is 12.9. The van der Waals surface area contributed by atoms with Gasteiger partial charge in [0, 0.05) is 12.0 Å². The molecule has 1 aliphatic carbocycles. The smallest absolute Gasteiger partial charge is 0.163 e.